The Morgan fingerprint density at radius 3 is 2.48 bits per heavy atom. The van der Waals surface area contributed by atoms with Crippen LogP contribution in [0.15, 0.2) is 72.8 Å². The first kappa shape index (κ1) is 20.5. The average Bonchev–Trinajstić information content (AvgIpc) is 3.19. The van der Waals surface area contributed by atoms with E-state index in [-0.39, 0.29) is 23.6 Å². The third-order valence-corrected chi connectivity index (χ3v) is 5.44. The van der Waals surface area contributed by atoms with Crippen LogP contribution in [0.25, 0.3) is 0 Å². The summed E-state index contributed by atoms with van der Waals surface area (Å²) in [6, 6.07) is 21.9. The summed E-state index contributed by atoms with van der Waals surface area (Å²) < 4.78 is 0. The van der Waals surface area contributed by atoms with Crippen LogP contribution < -0.4 is 16.0 Å². The van der Waals surface area contributed by atoms with Gasteiger partial charge in [-0.15, -0.1) is 0 Å². The molecular weight excluding hydrogens is 390 g/mol. The molecule has 0 saturated heterocycles. The Labute approximate surface area is 181 Å². The van der Waals surface area contributed by atoms with Gasteiger partial charge in [0.1, 0.15) is 11.8 Å². The molecule has 4 N–H and O–H groups in total. The van der Waals surface area contributed by atoms with Crippen LogP contribution in [-0.2, 0) is 22.4 Å². The summed E-state index contributed by atoms with van der Waals surface area (Å²) in [5.74, 6) is -0.408. The first-order chi connectivity index (χ1) is 15.0. The second kappa shape index (κ2) is 8.92. The third kappa shape index (κ3) is 4.86. The Balaban J connectivity index is 1.52. The lowest BCUT2D eigenvalue weighted by Gasteiger charge is -2.21. The molecule has 6 heteroatoms. The number of phenols is 1. The van der Waals surface area contributed by atoms with Crippen molar-refractivity contribution in [1.29, 1.82) is 0 Å². The predicted molar refractivity (Wildman–Crippen MR) is 121 cm³/mol. The Morgan fingerprint density at radius 2 is 1.74 bits per heavy atom. The maximum Gasteiger partial charge on any atom is 0.247 e. The van der Waals surface area contributed by atoms with Gasteiger partial charge in [-0.1, -0.05) is 48.5 Å². The van der Waals surface area contributed by atoms with E-state index in [0.717, 1.165) is 28.9 Å². The van der Waals surface area contributed by atoms with Gasteiger partial charge in [-0.2, -0.15) is 0 Å². The zero-order valence-electron chi connectivity index (χ0n) is 17.3. The molecule has 0 aliphatic carbocycles. The van der Waals surface area contributed by atoms with Gasteiger partial charge in [0.15, 0.2) is 0 Å². The molecule has 4 rings (SSSR count). The highest BCUT2D eigenvalue weighted by atomic mass is 16.3. The molecule has 6 nitrogen and oxygen atoms in total. The van der Waals surface area contributed by atoms with E-state index in [1.54, 1.807) is 24.3 Å². The summed E-state index contributed by atoms with van der Waals surface area (Å²) in [7, 11) is 0. The van der Waals surface area contributed by atoms with Crippen molar-refractivity contribution in [3.8, 4) is 5.75 Å². The molecule has 0 radical (unpaired) electrons. The first-order valence-corrected chi connectivity index (χ1v) is 10.3. The molecule has 0 saturated carbocycles. The fraction of sp³-hybridized carbons (Fsp3) is 0.200. The molecular formula is C25H25N3O3. The fourth-order valence-corrected chi connectivity index (χ4v) is 3.94. The molecule has 1 aliphatic heterocycles. The number of benzene rings is 3. The molecule has 1 heterocycles. The highest BCUT2D eigenvalue weighted by Gasteiger charge is 2.26. The number of rotatable bonds is 6. The van der Waals surface area contributed by atoms with Crippen molar-refractivity contribution in [3.63, 3.8) is 0 Å². The molecule has 0 aromatic heterocycles. The minimum atomic E-state index is -0.733. The number of hydrogen-bond acceptors (Lipinski definition) is 4. The highest BCUT2D eigenvalue weighted by molar-refractivity contribution is 5.97. The van der Waals surface area contributed by atoms with Crippen LogP contribution >= 0.6 is 0 Å². The van der Waals surface area contributed by atoms with Gasteiger partial charge in [-0.3, -0.25) is 9.59 Å². The Bertz CT molecular complexity index is 1070. The van der Waals surface area contributed by atoms with Crippen LogP contribution in [-0.4, -0.2) is 23.0 Å². The summed E-state index contributed by atoms with van der Waals surface area (Å²) in [5.41, 5.74) is 4.92. The topological polar surface area (TPSA) is 90.5 Å². The standard InChI is InChI=1S/C25H25N3O3/c1-16(29)26-24(14-17-10-12-19(30)13-11-17)25(31)28-22-9-5-3-7-20(22)23-15-18-6-2-4-8-21(18)27-23/h2-13,23-24,27,30H,14-15H2,1H3,(H,26,29)(H,28,31). The van der Waals surface area contributed by atoms with Gasteiger partial charge in [0.05, 0.1) is 6.04 Å². The van der Waals surface area contributed by atoms with E-state index < -0.39 is 6.04 Å². The second-order valence-electron chi connectivity index (χ2n) is 7.76. The van der Waals surface area contributed by atoms with E-state index in [0.29, 0.717) is 6.42 Å². The van der Waals surface area contributed by atoms with Crippen molar-refractivity contribution in [2.75, 3.05) is 10.6 Å². The lowest BCUT2D eigenvalue weighted by atomic mass is 10.00. The summed E-state index contributed by atoms with van der Waals surface area (Å²) in [6.07, 6.45) is 1.16. The molecule has 3 aromatic carbocycles. The van der Waals surface area contributed by atoms with Crippen LogP contribution in [0, 0.1) is 0 Å². The predicted octanol–water partition coefficient (Wildman–Crippen LogP) is 3.79. The smallest absolute Gasteiger partial charge is 0.247 e. The summed E-state index contributed by atoms with van der Waals surface area (Å²) in [4.78, 5) is 24.8. The molecule has 2 amide bonds. The number of hydrogen-bond donors (Lipinski definition) is 4. The third-order valence-electron chi connectivity index (χ3n) is 5.44. The zero-order chi connectivity index (χ0) is 21.8. The lowest BCUT2D eigenvalue weighted by molar-refractivity contribution is -0.125. The Morgan fingerprint density at radius 1 is 1.03 bits per heavy atom. The maximum absolute atomic E-state index is 13.1. The van der Waals surface area contributed by atoms with Crippen molar-refractivity contribution < 1.29 is 14.7 Å². The average molecular weight is 415 g/mol. The molecule has 2 unspecified atom stereocenters. The van der Waals surface area contributed by atoms with E-state index in [4.69, 9.17) is 0 Å². The van der Waals surface area contributed by atoms with Crippen molar-refractivity contribution >= 4 is 23.2 Å². The first-order valence-electron chi connectivity index (χ1n) is 10.3. The number of phenolic OH excluding ortho intramolecular Hbond substituents is 1. The minimum Gasteiger partial charge on any atom is -0.508 e. The molecule has 3 aromatic rings. The summed E-state index contributed by atoms with van der Waals surface area (Å²) >= 11 is 0. The van der Waals surface area contributed by atoms with Crippen molar-refractivity contribution in [2.24, 2.45) is 0 Å². The number of aromatic hydroxyl groups is 1. The second-order valence-corrected chi connectivity index (χ2v) is 7.76. The molecule has 0 bridgehead atoms. The Hall–Kier alpha value is -3.80. The molecule has 158 valence electrons. The molecule has 2 atom stereocenters. The SMILES string of the molecule is CC(=O)NC(Cc1ccc(O)cc1)C(=O)Nc1ccccc1C1Cc2ccccc2N1. The number of anilines is 2. The largest absolute Gasteiger partial charge is 0.508 e. The highest BCUT2D eigenvalue weighted by Crippen LogP contribution is 2.36. The Kier molecular flexibility index (Phi) is 5.89. The van der Waals surface area contributed by atoms with Crippen LogP contribution in [0.5, 0.6) is 5.75 Å². The number of amides is 2. The van der Waals surface area contributed by atoms with Crippen molar-refractivity contribution in [2.45, 2.75) is 31.8 Å². The van der Waals surface area contributed by atoms with Crippen LogP contribution in [0.1, 0.15) is 29.7 Å². The van der Waals surface area contributed by atoms with Gasteiger partial charge in [-0.25, -0.2) is 0 Å². The monoisotopic (exact) mass is 415 g/mol. The fourth-order valence-electron chi connectivity index (χ4n) is 3.94. The van der Waals surface area contributed by atoms with E-state index >= 15 is 0 Å². The van der Waals surface area contributed by atoms with Gasteiger partial charge in [0, 0.05) is 24.7 Å². The van der Waals surface area contributed by atoms with E-state index in [2.05, 4.69) is 28.1 Å². The van der Waals surface area contributed by atoms with Gasteiger partial charge in [0.25, 0.3) is 0 Å². The maximum atomic E-state index is 13.1. The quantitative estimate of drug-likeness (QED) is 0.493. The van der Waals surface area contributed by atoms with Gasteiger partial charge < -0.3 is 21.1 Å². The van der Waals surface area contributed by atoms with Crippen LogP contribution in [0.4, 0.5) is 11.4 Å². The van der Waals surface area contributed by atoms with E-state index in [9.17, 15) is 14.7 Å². The number of carbonyl (C=O) groups excluding carboxylic acids is 2. The van der Waals surface area contributed by atoms with E-state index in [1.807, 2.05) is 36.4 Å². The van der Waals surface area contributed by atoms with Gasteiger partial charge >= 0.3 is 0 Å². The van der Waals surface area contributed by atoms with E-state index in [1.165, 1.54) is 12.5 Å². The molecule has 0 fully saturated rings. The number of carbonyl (C=O) groups is 2. The zero-order valence-corrected chi connectivity index (χ0v) is 17.3. The van der Waals surface area contributed by atoms with Crippen molar-refractivity contribution in [1.82, 2.24) is 5.32 Å². The summed E-state index contributed by atoms with van der Waals surface area (Å²) in [5, 5.41) is 18.8. The minimum absolute atomic E-state index is 0.0604. The number of fused-ring (bicyclic) bond motifs is 1. The summed E-state index contributed by atoms with van der Waals surface area (Å²) in [6.45, 7) is 1.39. The molecule has 0 spiro atoms. The number of nitrogens with one attached hydrogen (secondary N) is 3. The lowest BCUT2D eigenvalue weighted by Crippen LogP contribution is -2.44. The van der Waals surface area contributed by atoms with Gasteiger partial charge in [0.2, 0.25) is 11.8 Å². The molecule has 31 heavy (non-hydrogen) atoms. The van der Waals surface area contributed by atoms with Crippen LogP contribution in [0.2, 0.25) is 0 Å². The normalized spacial score (nSPS) is 15.5. The van der Waals surface area contributed by atoms with Crippen LogP contribution in [0.3, 0.4) is 0 Å². The molecule has 1 aliphatic rings. The van der Waals surface area contributed by atoms with Crippen molar-refractivity contribution in [3.05, 3.63) is 89.5 Å². The van der Waals surface area contributed by atoms with Gasteiger partial charge in [-0.05, 0) is 47.4 Å². The number of para-hydroxylation sites is 2.